The standard InChI is InChI=1S/C22H23N5O3/c23-20(28)6-3-11-30-17-7-8-18-16(12-17)13-25-14-21(29)27(22(25)24-18)26-10-9-15-4-1-2-5-19(15)26/h1-2,4-5,7-8,12H,3,6,9-11,13-14H2,(H2,23,28). The molecule has 0 aliphatic carbocycles. The molecule has 2 amide bonds. The van der Waals surface area contributed by atoms with E-state index in [-0.39, 0.29) is 11.8 Å². The lowest BCUT2D eigenvalue weighted by atomic mass is 10.1. The predicted octanol–water partition coefficient (Wildman–Crippen LogP) is 1.95. The van der Waals surface area contributed by atoms with Crippen molar-refractivity contribution in [1.82, 2.24) is 9.91 Å². The van der Waals surface area contributed by atoms with E-state index in [9.17, 15) is 9.59 Å². The molecule has 1 fully saturated rings. The molecule has 5 rings (SSSR count). The molecule has 0 saturated carbocycles. The maximum atomic E-state index is 12.9. The highest BCUT2D eigenvalue weighted by molar-refractivity contribution is 6.07. The minimum Gasteiger partial charge on any atom is -0.494 e. The Morgan fingerprint density at radius 3 is 2.87 bits per heavy atom. The van der Waals surface area contributed by atoms with E-state index in [1.165, 1.54) is 5.56 Å². The normalized spacial score (nSPS) is 16.9. The Labute approximate surface area is 174 Å². The maximum Gasteiger partial charge on any atom is 0.268 e. The van der Waals surface area contributed by atoms with Gasteiger partial charge in [0.05, 0.1) is 18.0 Å². The van der Waals surface area contributed by atoms with Crippen LogP contribution in [0, 0.1) is 0 Å². The number of hydrogen-bond donors (Lipinski definition) is 1. The Hall–Kier alpha value is -3.55. The van der Waals surface area contributed by atoms with E-state index in [4.69, 9.17) is 15.5 Å². The van der Waals surface area contributed by atoms with Crippen LogP contribution >= 0.6 is 0 Å². The van der Waals surface area contributed by atoms with Crippen LogP contribution in [0.1, 0.15) is 24.0 Å². The molecular weight excluding hydrogens is 382 g/mol. The van der Waals surface area contributed by atoms with Crippen molar-refractivity contribution in [3.8, 4) is 5.75 Å². The molecule has 0 atom stereocenters. The number of amides is 2. The molecule has 0 aromatic heterocycles. The molecule has 154 valence electrons. The lowest BCUT2D eigenvalue weighted by molar-refractivity contribution is -0.125. The largest absolute Gasteiger partial charge is 0.494 e. The number of primary amides is 1. The first kappa shape index (κ1) is 18.5. The van der Waals surface area contributed by atoms with Gasteiger partial charge in [-0.3, -0.25) is 14.6 Å². The third-order valence-electron chi connectivity index (χ3n) is 5.61. The third kappa shape index (κ3) is 3.24. The van der Waals surface area contributed by atoms with Crippen LogP contribution in [0.5, 0.6) is 5.75 Å². The number of anilines is 1. The number of benzene rings is 2. The first-order chi connectivity index (χ1) is 14.6. The summed E-state index contributed by atoms with van der Waals surface area (Å²) in [4.78, 5) is 30.5. The van der Waals surface area contributed by atoms with Gasteiger partial charge < -0.3 is 15.4 Å². The number of ether oxygens (including phenoxy) is 1. The van der Waals surface area contributed by atoms with Crippen molar-refractivity contribution < 1.29 is 14.3 Å². The molecule has 1 saturated heterocycles. The average Bonchev–Trinajstić information content (AvgIpc) is 3.28. The Morgan fingerprint density at radius 1 is 1.13 bits per heavy atom. The van der Waals surface area contributed by atoms with Gasteiger partial charge >= 0.3 is 0 Å². The summed E-state index contributed by atoms with van der Waals surface area (Å²) in [6, 6.07) is 13.9. The van der Waals surface area contributed by atoms with Crippen molar-refractivity contribution in [2.24, 2.45) is 10.7 Å². The van der Waals surface area contributed by atoms with Crippen molar-refractivity contribution in [2.45, 2.75) is 25.8 Å². The summed E-state index contributed by atoms with van der Waals surface area (Å²) in [7, 11) is 0. The van der Waals surface area contributed by atoms with E-state index < -0.39 is 0 Å². The molecule has 3 heterocycles. The van der Waals surface area contributed by atoms with Crippen LogP contribution in [0.25, 0.3) is 0 Å². The highest BCUT2D eigenvalue weighted by atomic mass is 16.5. The summed E-state index contributed by atoms with van der Waals surface area (Å²) < 4.78 is 5.74. The summed E-state index contributed by atoms with van der Waals surface area (Å²) in [6.07, 6.45) is 1.81. The van der Waals surface area contributed by atoms with E-state index in [0.29, 0.717) is 38.5 Å². The van der Waals surface area contributed by atoms with E-state index in [1.54, 1.807) is 5.01 Å². The van der Waals surface area contributed by atoms with Crippen LogP contribution in [-0.2, 0) is 22.6 Å². The minimum atomic E-state index is -0.324. The van der Waals surface area contributed by atoms with Crippen LogP contribution in [-0.4, -0.2) is 47.4 Å². The molecule has 2 aromatic rings. The van der Waals surface area contributed by atoms with Gasteiger partial charge in [-0.1, -0.05) is 18.2 Å². The fourth-order valence-electron chi connectivity index (χ4n) is 4.20. The van der Waals surface area contributed by atoms with Crippen molar-refractivity contribution in [1.29, 1.82) is 0 Å². The number of carbonyl (C=O) groups is 2. The number of aliphatic imine (C=N–C) groups is 1. The van der Waals surface area contributed by atoms with Gasteiger partial charge in [0.2, 0.25) is 11.9 Å². The molecule has 3 aliphatic rings. The van der Waals surface area contributed by atoms with Gasteiger partial charge in [-0.15, -0.1) is 0 Å². The van der Waals surface area contributed by atoms with Crippen LogP contribution in [0.2, 0.25) is 0 Å². The average molecular weight is 405 g/mol. The molecule has 0 spiro atoms. The Bertz CT molecular complexity index is 1050. The highest BCUT2D eigenvalue weighted by Gasteiger charge is 2.42. The van der Waals surface area contributed by atoms with Crippen molar-refractivity contribution >= 4 is 29.1 Å². The van der Waals surface area contributed by atoms with Gasteiger partial charge in [0.25, 0.3) is 5.91 Å². The number of hydrogen-bond acceptors (Lipinski definition) is 6. The second kappa shape index (κ2) is 7.37. The number of nitrogens with two attached hydrogens (primary N) is 1. The Kier molecular flexibility index (Phi) is 4.54. The van der Waals surface area contributed by atoms with Crippen LogP contribution in [0.4, 0.5) is 11.4 Å². The monoisotopic (exact) mass is 405 g/mol. The first-order valence-corrected chi connectivity index (χ1v) is 10.2. The minimum absolute atomic E-state index is 0.0289. The van der Waals surface area contributed by atoms with Gasteiger partial charge in [-0.25, -0.2) is 4.99 Å². The van der Waals surface area contributed by atoms with Crippen molar-refractivity contribution in [3.63, 3.8) is 0 Å². The van der Waals surface area contributed by atoms with Crippen molar-refractivity contribution in [2.75, 3.05) is 24.7 Å². The summed E-state index contributed by atoms with van der Waals surface area (Å²) in [5.41, 5.74) is 9.34. The number of nitrogens with zero attached hydrogens (tertiary/aromatic N) is 4. The maximum absolute atomic E-state index is 12.9. The zero-order valence-electron chi connectivity index (χ0n) is 16.6. The summed E-state index contributed by atoms with van der Waals surface area (Å²) >= 11 is 0. The lowest BCUT2D eigenvalue weighted by Gasteiger charge is -2.32. The third-order valence-corrected chi connectivity index (χ3v) is 5.61. The van der Waals surface area contributed by atoms with E-state index >= 15 is 0 Å². The summed E-state index contributed by atoms with van der Waals surface area (Å²) in [6.45, 7) is 2.11. The summed E-state index contributed by atoms with van der Waals surface area (Å²) in [5, 5.41) is 3.76. The molecule has 8 nitrogen and oxygen atoms in total. The molecular formula is C22H23N5O3. The van der Waals surface area contributed by atoms with Crippen LogP contribution in [0.15, 0.2) is 47.5 Å². The van der Waals surface area contributed by atoms with Gasteiger partial charge in [0, 0.05) is 25.1 Å². The smallest absolute Gasteiger partial charge is 0.268 e. The SMILES string of the molecule is NC(=O)CCCOc1ccc2c(c1)CN1CC(=O)N(N3CCc4ccccc43)C1=N2. The molecule has 0 radical (unpaired) electrons. The fourth-order valence-corrected chi connectivity index (χ4v) is 4.20. The molecule has 0 unspecified atom stereocenters. The Morgan fingerprint density at radius 2 is 2.00 bits per heavy atom. The van der Waals surface area contributed by atoms with E-state index in [2.05, 4.69) is 12.1 Å². The number of fused-ring (bicyclic) bond motifs is 3. The van der Waals surface area contributed by atoms with Crippen LogP contribution in [0.3, 0.4) is 0 Å². The number of para-hydroxylation sites is 1. The zero-order valence-corrected chi connectivity index (χ0v) is 16.6. The van der Waals surface area contributed by atoms with E-state index in [1.807, 2.05) is 40.2 Å². The topological polar surface area (TPSA) is 91.5 Å². The molecule has 30 heavy (non-hydrogen) atoms. The van der Waals surface area contributed by atoms with Gasteiger partial charge in [-0.05, 0) is 42.7 Å². The second-order valence-electron chi connectivity index (χ2n) is 7.68. The summed E-state index contributed by atoms with van der Waals surface area (Å²) in [5.74, 6) is 1.11. The van der Waals surface area contributed by atoms with Gasteiger partial charge in [0.15, 0.2) is 0 Å². The number of carbonyl (C=O) groups excluding carboxylic acids is 2. The fraction of sp³-hybridized carbons (Fsp3) is 0.318. The molecule has 2 N–H and O–H groups in total. The number of guanidine groups is 1. The van der Waals surface area contributed by atoms with Gasteiger partial charge in [0.1, 0.15) is 12.3 Å². The highest BCUT2D eigenvalue weighted by Crippen LogP contribution is 2.36. The van der Waals surface area contributed by atoms with Crippen LogP contribution < -0.4 is 15.5 Å². The molecule has 3 aliphatic heterocycles. The molecule has 0 bridgehead atoms. The first-order valence-electron chi connectivity index (χ1n) is 10.2. The Balaban J connectivity index is 1.37. The second-order valence-corrected chi connectivity index (χ2v) is 7.68. The quantitative estimate of drug-likeness (QED) is 0.742. The van der Waals surface area contributed by atoms with Gasteiger partial charge in [-0.2, -0.15) is 5.01 Å². The molecule has 8 heteroatoms. The number of rotatable bonds is 6. The zero-order chi connectivity index (χ0) is 20.7. The predicted molar refractivity (Wildman–Crippen MR) is 112 cm³/mol. The lowest BCUT2D eigenvalue weighted by Crippen LogP contribution is -2.47. The number of hydrazine groups is 1. The van der Waals surface area contributed by atoms with Crippen molar-refractivity contribution in [3.05, 3.63) is 53.6 Å². The van der Waals surface area contributed by atoms with E-state index in [0.717, 1.165) is 35.7 Å². The molecule has 2 aromatic carbocycles.